The molecule has 2 aromatic rings. The van der Waals surface area contributed by atoms with E-state index in [-0.39, 0.29) is 37.9 Å². The molecule has 0 atom stereocenters. The van der Waals surface area contributed by atoms with Crippen LogP contribution in [0.1, 0.15) is 24.0 Å². The summed E-state index contributed by atoms with van der Waals surface area (Å²) in [6.07, 6.45) is 0.198. The molecule has 0 aromatic heterocycles. The maximum Gasteiger partial charge on any atom is 0.227 e. The Hall–Kier alpha value is -2.72. The van der Waals surface area contributed by atoms with Crippen molar-refractivity contribution >= 4 is 64.3 Å². The Kier molecular flexibility index (Phi) is 7.97. The summed E-state index contributed by atoms with van der Waals surface area (Å²) < 4.78 is 0.796. The molecule has 0 bridgehead atoms. The van der Waals surface area contributed by atoms with E-state index in [1.807, 2.05) is 12.1 Å². The minimum Gasteiger partial charge on any atom is -0.394 e. The Labute approximate surface area is 189 Å². The monoisotopic (exact) mass is 536 g/mol. The van der Waals surface area contributed by atoms with Gasteiger partial charge in [0, 0.05) is 11.1 Å². The highest BCUT2D eigenvalue weighted by Crippen LogP contribution is 2.21. The van der Waals surface area contributed by atoms with Crippen LogP contribution in [0.15, 0.2) is 58.8 Å². The molecule has 0 radical (unpaired) electrons. The number of nitrogens with zero attached hydrogens (tertiary/aromatic N) is 2. The third-order valence-electron chi connectivity index (χ3n) is 3.98. The van der Waals surface area contributed by atoms with Crippen molar-refractivity contribution in [3.05, 3.63) is 59.7 Å². The quantitative estimate of drug-likeness (QED) is 0.525. The molecule has 0 unspecified atom stereocenters. The van der Waals surface area contributed by atoms with Crippen LogP contribution in [0.3, 0.4) is 0 Å². The van der Waals surface area contributed by atoms with Gasteiger partial charge in [0.05, 0.1) is 24.2 Å². The van der Waals surface area contributed by atoms with Gasteiger partial charge in [0.25, 0.3) is 0 Å². The van der Waals surface area contributed by atoms with Crippen molar-refractivity contribution in [2.75, 3.05) is 23.8 Å². The standard InChI is InChI=1S/C20H18Br2N4O4/c21-19-13-5-1-3-7-15(13)23-17(27)9-12-30-26-20(22)14-6-2-4-8-16(14)24-18(28)10-11-29-25-19/h1-8H,9-12H2,(H,23,27)(H,24,28)/b25-19+,26-20+. The minimum atomic E-state index is -0.233. The summed E-state index contributed by atoms with van der Waals surface area (Å²) >= 11 is 6.70. The number of fused-ring (bicyclic) bond motifs is 2. The average Bonchev–Trinajstić information content (AvgIpc) is 2.74. The molecule has 2 N–H and O–H groups in total. The summed E-state index contributed by atoms with van der Waals surface area (Å²) in [6.45, 7) is 0.159. The number of carbonyl (C=O) groups is 2. The lowest BCUT2D eigenvalue weighted by atomic mass is 10.2. The zero-order valence-corrected chi connectivity index (χ0v) is 18.9. The van der Waals surface area contributed by atoms with Crippen LogP contribution in [0.5, 0.6) is 0 Å². The van der Waals surface area contributed by atoms with Crippen LogP contribution in [-0.4, -0.2) is 34.3 Å². The van der Waals surface area contributed by atoms with Crippen molar-refractivity contribution in [1.82, 2.24) is 0 Å². The van der Waals surface area contributed by atoms with E-state index in [1.165, 1.54) is 0 Å². The van der Waals surface area contributed by atoms with Crippen LogP contribution >= 0.6 is 31.9 Å². The van der Waals surface area contributed by atoms with Crippen LogP contribution in [0, 0.1) is 0 Å². The van der Waals surface area contributed by atoms with Crippen molar-refractivity contribution in [3.8, 4) is 0 Å². The van der Waals surface area contributed by atoms with Gasteiger partial charge >= 0.3 is 0 Å². The van der Waals surface area contributed by atoms with Gasteiger partial charge in [-0.2, -0.15) is 0 Å². The molecule has 3 rings (SSSR count). The molecule has 1 aliphatic rings. The van der Waals surface area contributed by atoms with Crippen molar-refractivity contribution in [3.63, 3.8) is 0 Å². The second-order valence-corrected chi connectivity index (χ2v) is 7.62. The average molecular weight is 538 g/mol. The number of rotatable bonds is 0. The first-order valence-corrected chi connectivity index (χ1v) is 10.6. The van der Waals surface area contributed by atoms with Gasteiger partial charge in [0.15, 0.2) is 9.24 Å². The van der Waals surface area contributed by atoms with E-state index in [4.69, 9.17) is 9.68 Å². The minimum absolute atomic E-state index is 0.0794. The van der Waals surface area contributed by atoms with Crippen LogP contribution in [0.2, 0.25) is 0 Å². The predicted octanol–water partition coefficient (Wildman–Crippen LogP) is 4.20. The van der Waals surface area contributed by atoms with Crippen molar-refractivity contribution in [2.24, 2.45) is 10.3 Å². The van der Waals surface area contributed by atoms with E-state index in [1.54, 1.807) is 36.4 Å². The Balaban J connectivity index is 1.83. The fraction of sp³-hybridized carbons (Fsp3) is 0.200. The van der Waals surface area contributed by atoms with Gasteiger partial charge < -0.3 is 20.3 Å². The van der Waals surface area contributed by atoms with Crippen molar-refractivity contribution in [1.29, 1.82) is 0 Å². The highest BCUT2D eigenvalue weighted by Gasteiger charge is 2.13. The van der Waals surface area contributed by atoms with Gasteiger partial charge in [-0.1, -0.05) is 46.7 Å². The number of hydrogen-bond acceptors (Lipinski definition) is 6. The number of oxime groups is 2. The fourth-order valence-electron chi connectivity index (χ4n) is 2.55. The molecular weight excluding hydrogens is 520 g/mol. The van der Waals surface area contributed by atoms with Crippen LogP contribution in [0.25, 0.3) is 0 Å². The van der Waals surface area contributed by atoms with E-state index in [0.717, 1.165) is 0 Å². The molecule has 30 heavy (non-hydrogen) atoms. The molecule has 2 amide bonds. The van der Waals surface area contributed by atoms with Gasteiger partial charge in [0.1, 0.15) is 13.2 Å². The van der Waals surface area contributed by atoms with E-state index < -0.39 is 0 Å². The smallest absolute Gasteiger partial charge is 0.227 e. The lowest BCUT2D eigenvalue weighted by Crippen LogP contribution is -2.17. The lowest BCUT2D eigenvalue weighted by Gasteiger charge is -2.12. The first-order chi connectivity index (χ1) is 14.5. The van der Waals surface area contributed by atoms with Crippen molar-refractivity contribution in [2.45, 2.75) is 12.8 Å². The third-order valence-corrected chi connectivity index (χ3v) is 5.12. The Morgan fingerprint density at radius 3 is 1.53 bits per heavy atom. The van der Waals surface area contributed by atoms with Gasteiger partial charge in [0.2, 0.25) is 11.8 Å². The lowest BCUT2D eigenvalue weighted by molar-refractivity contribution is -0.118. The summed E-state index contributed by atoms with van der Waals surface area (Å²) in [5.74, 6) is -0.465. The van der Waals surface area contributed by atoms with Crippen molar-refractivity contribution < 1.29 is 19.3 Å². The van der Waals surface area contributed by atoms with E-state index in [9.17, 15) is 9.59 Å². The molecular formula is C20H18Br2N4O4. The zero-order chi connectivity index (χ0) is 21.3. The molecule has 0 aliphatic carbocycles. The van der Waals surface area contributed by atoms with Gasteiger partial charge in [-0.3, -0.25) is 9.59 Å². The molecule has 8 nitrogen and oxygen atoms in total. The van der Waals surface area contributed by atoms with Crippen LogP contribution in [-0.2, 0) is 19.3 Å². The summed E-state index contributed by atoms with van der Waals surface area (Å²) in [6, 6.07) is 14.3. The molecule has 0 saturated carbocycles. The summed E-state index contributed by atoms with van der Waals surface area (Å²) in [4.78, 5) is 35.1. The molecule has 156 valence electrons. The predicted molar refractivity (Wildman–Crippen MR) is 122 cm³/mol. The summed E-state index contributed by atoms with van der Waals surface area (Å²) in [7, 11) is 0. The highest BCUT2D eigenvalue weighted by atomic mass is 79.9. The van der Waals surface area contributed by atoms with Crippen LogP contribution in [0.4, 0.5) is 11.4 Å². The Morgan fingerprint density at radius 1 is 0.700 bits per heavy atom. The van der Waals surface area contributed by atoms with E-state index in [0.29, 0.717) is 31.7 Å². The molecule has 2 aromatic carbocycles. The first-order valence-electron chi connectivity index (χ1n) is 9.04. The number of carbonyl (C=O) groups excluding carboxylic acids is 2. The Morgan fingerprint density at radius 2 is 1.10 bits per heavy atom. The number of anilines is 2. The number of amides is 2. The second-order valence-electron chi connectivity index (χ2n) is 6.12. The number of para-hydroxylation sites is 2. The van der Waals surface area contributed by atoms with E-state index in [2.05, 4.69) is 52.8 Å². The molecule has 0 spiro atoms. The maximum atomic E-state index is 12.3. The van der Waals surface area contributed by atoms with Gasteiger partial charge in [-0.25, -0.2) is 0 Å². The maximum absolute atomic E-state index is 12.3. The molecule has 1 heterocycles. The molecule has 10 heteroatoms. The first kappa shape index (κ1) is 22.0. The number of benzene rings is 2. The zero-order valence-electron chi connectivity index (χ0n) is 15.7. The fourth-order valence-corrected chi connectivity index (χ4v) is 3.45. The molecule has 0 saturated heterocycles. The number of hydrogen-bond donors (Lipinski definition) is 2. The second kappa shape index (κ2) is 10.9. The number of halogens is 2. The van der Waals surface area contributed by atoms with Gasteiger partial charge in [-0.05, 0) is 44.0 Å². The molecule has 0 fully saturated rings. The topological polar surface area (TPSA) is 101 Å². The number of nitrogens with one attached hydrogen (secondary N) is 2. The third kappa shape index (κ3) is 6.14. The largest absolute Gasteiger partial charge is 0.394 e. The summed E-state index contributed by atoms with van der Waals surface area (Å²) in [5, 5.41) is 13.6. The normalized spacial score (nSPS) is 19.5. The van der Waals surface area contributed by atoms with Crippen LogP contribution < -0.4 is 10.6 Å². The SMILES string of the molecule is O=C1CCO/N=C(/Br)c2ccccc2NC(=O)CCO/N=C(/Br)c2ccccc2N1. The van der Waals surface area contributed by atoms with Gasteiger partial charge in [-0.15, -0.1) is 0 Å². The summed E-state index contributed by atoms with van der Waals surface area (Å²) in [5.41, 5.74) is 2.43. The van der Waals surface area contributed by atoms with E-state index >= 15 is 0 Å². The highest BCUT2D eigenvalue weighted by molar-refractivity contribution is 9.18. The molecule has 1 aliphatic heterocycles. The Bertz CT molecular complexity index is 915.